The van der Waals surface area contributed by atoms with Crippen molar-refractivity contribution in [2.45, 2.75) is 51.1 Å². The Labute approximate surface area is 94.3 Å². The summed E-state index contributed by atoms with van der Waals surface area (Å²) in [6, 6.07) is 0.581. The minimum atomic E-state index is -0.00981. The zero-order valence-corrected chi connectivity index (χ0v) is 9.89. The van der Waals surface area contributed by atoms with Crippen LogP contribution >= 0.6 is 11.3 Å². The molecule has 1 fully saturated rings. The molecule has 1 aliphatic rings. The molecule has 1 saturated carbocycles. The Morgan fingerprint density at radius 1 is 1.33 bits per heavy atom. The van der Waals surface area contributed by atoms with E-state index in [1.54, 1.807) is 11.3 Å². The van der Waals surface area contributed by atoms with Gasteiger partial charge in [0.2, 0.25) is 5.13 Å². The highest BCUT2D eigenvalue weighted by Gasteiger charge is 2.15. The van der Waals surface area contributed by atoms with Crippen molar-refractivity contribution in [1.82, 2.24) is 10.2 Å². The van der Waals surface area contributed by atoms with E-state index in [0.717, 1.165) is 10.1 Å². The Bertz CT molecular complexity index is 304. The van der Waals surface area contributed by atoms with E-state index in [4.69, 9.17) is 5.73 Å². The Balaban J connectivity index is 1.91. The van der Waals surface area contributed by atoms with Crippen molar-refractivity contribution in [3.05, 3.63) is 5.01 Å². The molecule has 1 atom stereocenters. The van der Waals surface area contributed by atoms with Gasteiger partial charge in [-0.1, -0.05) is 30.6 Å². The molecule has 0 bridgehead atoms. The van der Waals surface area contributed by atoms with Gasteiger partial charge in [0.05, 0.1) is 6.04 Å². The SMILES string of the molecule is CC(N)c1nnc(NC2CCCCC2)s1. The van der Waals surface area contributed by atoms with E-state index in [0.29, 0.717) is 6.04 Å². The first kappa shape index (κ1) is 10.8. The first-order valence-corrected chi connectivity index (χ1v) is 6.43. The first-order valence-electron chi connectivity index (χ1n) is 5.61. The molecule has 2 rings (SSSR count). The van der Waals surface area contributed by atoms with E-state index in [2.05, 4.69) is 15.5 Å². The summed E-state index contributed by atoms with van der Waals surface area (Å²) >= 11 is 1.58. The van der Waals surface area contributed by atoms with Gasteiger partial charge in [-0.15, -0.1) is 10.2 Å². The predicted octanol–water partition coefficient (Wildman–Crippen LogP) is 2.30. The topological polar surface area (TPSA) is 63.8 Å². The van der Waals surface area contributed by atoms with Crippen molar-refractivity contribution in [2.24, 2.45) is 5.73 Å². The molecule has 1 aromatic heterocycles. The molecule has 84 valence electrons. The number of rotatable bonds is 3. The number of nitrogens with one attached hydrogen (secondary N) is 1. The molecule has 5 heteroatoms. The van der Waals surface area contributed by atoms with Crippen molar-refractivity contribution < 1.29 is 0 Å². The van der Waals surface area contributed by atoms with Gasteiger partial charge in [-0.05, 0) is 19.8 Å². The molecule has 4 nitrogen and oxygen atoms in total. The monoisotopic (exact) mass is 226 g/mol. The number of nitrogens with two attached hydrogens (primary N) is 1. The maximum Gasteiger partial charge on any atom is 0.205 e. The molecule has 3 N–H and O–H groups in total. The molecule has 1 unspecified atom stereocenters. The van der Waals surface area contributed by atoms with Gasteiger partial charge in [-0.25, -0.2) is 0 Å². The third-order valence-corrected chi connectivity index (χ3v) is 3.82. The van der Waals surface area contributed by atoms with Crippen LogP contribution in [0.25, 0.3) is 0 Å². The number of anilines is 1. The van der Waals surface area contributed by atoms with Crippen LogP contribution < -0.4 is 11.1 Å². The summed E-state index contributed by atoms with van der Waals surface area (Å²) in [5.74, 6) is 0. The van der Waals surface area contributed by atoms with E-state index < -0.39 is 0 Å². The van der Waals surface area contributed by atoms with Crippen LogP contribution in [-0.4, -0.2) is 16.2 Å². The minimum Gasteiger partial charge on any atom is -0.357 e. The van der Waals surface area contributed by atoms with Crippen molar-refractivity contribution >= 4 is 16.5 Å². The van der Waals surface area contributed by atoms with Gasteiger partial charge in [-0.2, -0.15) is 0 Å². The number of nitrogens with zero attached hydrogens (tertiary/aromatic N) is 2. The van der Waals surface area contributed by atoms with Crippen LogP contribution in [0.2, 0.25) is 0 Å². The maximum absolute atomic E-state index is 5.74. The lowest BCUT2D eigenvalue weighted by molar-refractivity contribution is 0.462. The normalized spacial score (nSPS) is 20.1. The van der Waals surface area contributed by atoms with Crippen molar-refractivity contribution in [1.29, 1.82) is 0 Å². The molecule has 0 aromatic carbocycles. The van der Waals surface area contributed by atoms with Crippen molar-refractivity contribution in [2.75, 3.05) is 5.32 Å². The molecule has 0 saturated heterocycles. The van der Waals surface area contributed by atoms with E-state index >= 15 is 0 Å². The fourth-order valence-corrected chi connectivity index (χ4v) is 2.67. The highest BCUT2D eigenvalue weighted by atomic mass is 32.1. The Hall–Kier alpha value is -0.680. The standard InChI is InChI=1S/C10H18N4S/c1-7(11)9-13-14-10(15-9)12-8-5-3-2-4-6-8/h7-8H,2-6,11H2,1H3,(H,12,14). The largest absolute Gasteiger partial charge is 0.357 e. The average Bonchev–Trinajstić information content (AvgIpc) is 2.68. The molecule has 15 heavy (non-hydrogen) atoms. The number of aromatic nitrogens is 2. The van der Waals surface area contributed by atoms with Gasteiger partial charge < -0.3 is 11.1 Å². The summed E-state index contributed by atoms with van der Waals surface area (Å²) in [5, 5.41) is 13.5. The van der Waals surface area contributed by atoms with E-state index in [1.807, 2.05) is 6.92 Å². The smallest absolute Gasteiger partial charge is 0.205 e. The lowest BCUT2D eigenvalue weighted by Gasteiger charge is -2.21. The van der Waals surface area contributed by atoms with Gasteiger partial charge in [-0.3, -0.25) is 0 Å². The zero-order chi connectivity index (χ0) is 10.7. The van der Waals surface area contributed by atoms with Gasteiger partial charge in [0.1, 0.15) is 5.01 Å². The molecule has 0 aliphatic heterocycles. The summed E-state index contributed by atoms with van der Waals surface area (Å²) in [5.41, 5.74) is 5.74. The molecule has 0 radical (unpaired) electrons. The zero-order valence-electron chi connectivity index (χ0n) is 9.07. The molecule has 1 aromatic rings. The van der Waals surface area contributed by atoms with E-state index in [1.165, 1.54) is 32.1 Å². The summed E-state index contributed by atoms with van der Waals surface area (Å²) < 4.78 is 0. The van der Waals surface area contributed by atoms with Gasteiger partial charge in [0.25, 0.3) is 0 Å². The second-order valence-electron chi connectivity index (χ2n) is 4.21. The van der Waals surface area contributed by atoms with Crippen molar-refractivity contribution in [3.63, 3.8) is 0 Å². The summed E-state index contributed by atoms with van der Waals surface area (Å²) in [6.07, 6.45) is 6.55. The molecule has 0 spiro atoms. The maximum atomic E-state index is 5.74. The second kappa shape index (κ2) is 4.90. The third kappa shape index (κ3) is 2.89. The van der Waals surface area contributed by atoms with Crippen LogP contribution in [-0.2, 0) is 0 Å². The van der Waals surface area contributed by atoms with Crippen LogP contribution in [0.1, 0.15) is 50.1 Å². The first-order chi connectivity index (χ1) is 7.25. The van der Waals surface area contributed by atoms with Crippen molar-refractivity contribution in [3.8, 4) is 0 Å². The molecular weight excluding hydrogens is 208 g/mol. The van der Waals surface area contributed by atoms with E-state index in [-0.39, 0.29) is 6.04 Å². The average molecular weight is 226 g/mol. The summed E-state index contributed by atoms with van der Waals surface area (Å²) in [4.78, 5) is 0. The fraction of sp³-hybridized carbons (Fsp3) is 0.800. The highest BCUT2D eigenvalue weighted by Crippen LogP contribution is 2.25. The lowest BCUT2D eigenvalue weighted by atomic mass is 9.96. The Morgan fingerprint density at radius 2 is 2.07 bits per heavy atom. The van der Waals surface area contributed by atoms with Crippen LogP contribution in [0.3, 0.4) is 0 Å². The summed E-state index contributed by atoms with van der Waals surface area (Å²) in [7, 11) is 0. The van der Waals surface area contributed by atoms with Gasteiger partial charge in [0.15, 0.2) is 0 Å². The predicted molar refractivity (Wildman–Crippen MR) is 63.0 cm³/mol. The second-order valence-corrected chi connectivity index (χ2v) is 5.22. The van der Waals surface area contributed by atoms with E-state index in [9.17, 15) is 0 Å². The van der Waals surface area contributed by atoms with Gasteiger partial charge >= 0.3 is 0 Å². The molecule has 0 amide bonds. The molecular formula is C10H18N4S. The Morgan fingerprint density at radius 3 is 2.67 bits per heavy atom. The number of hydrogen-bond acceptors (Lipinski definition) is 5. The van der Waals surface area contributed by atoms with Crippen LogP contribution in [0.5, 0.6) is 0 Å². The van der Waals surface area contributed by atoms with Crippen LogP contribution in [0.4, 0.5) is 5.13 Å². The summed E-state index contributed by atoms with van der Waals surface area (Å²) in [6.45, 7) is 1.94. The highest BCUT2D eigenvalue weighted by molar-refractivity contribution is 7.15. The van der Waals surface area contributed by atoms with Crippen LogP contribution in [0, 0.1) is 0 Å². The number of hydrogen-bond donors (Lipinski definition) is 2. The Kier molecular flexibility index (Phi) is 3.53. The molecule has 1 heterocycles. The minimum absolute atomic E-state index is 0.00981. The lowest BCUT2D eigenvalue weighted by Crippen LogP contribution is -2.21. The fourth-order valence-electron chi connectivity index (χ4n) is 1.90. The third-order valence-electron chi connectivity index (χ3n) is 2.76. The van der Waals surface area contributed by atoms with Gasteiger partial charge in [0, 0.05) is 6.04 Å². The van der Waals surface area contributed by atoms with Crippen LogP contribution in [0.15, 0.2) is 0 Å². The molecule has 1 aliphatic carbocycles. The quantitative estimate of drug-likeness (QED) is 0.830.